The third-order valence-electron chi connectivity index (χ3n) is 0.956. The summed E-state index contributed by atoms with van der Waals surface area (Å²) in [5, 5.41) is 9.43. The van der Waals surface area contributed by atoms with Gasteiger partial charge >= 0.3 is 0 Å². The largest absolute Gasteiger partial charge is 0.234 e. The average molecular weight is 174 g/mol. The van der Waals surface area contributed by atoms with Crippen molar-refractivity contribution in [3.8, 4) is 0 Å². The van der Waals surface area contributed by atoms with E-state index in [4.69, 9.17) is 11.6 Å². The molecule has 0 aliphatic heterocycles. The van der Waals surface area contributed by atoms with Gasteiger partial charge in [-0.2, -0.15) is 0 Å². The molecule has 0 amide bonds. The second-order valence-electron chi connectivity index (χ2n) is 1.70. The molecule has 1 aromatic heterocycles. The van der Waals surface area contributed by atoms with Gasteiger partial charge in [-0.15, -0.1) is 0 Å². The molecule has 1 N–H and O–H groups in total. The minimum atomic E-state index is -0.714. The van der Waals surface area contributed by atoms with Crippen molar-refractivity contribution in [3.63, 3.8) is 0 Å². The molecule has 0 aromatic carbocycles. The second-order valence-corrected chi connectivity index (χ2v) is 2.11. The highest BCUT2D eigenvalue weighted by molar-refractivity contribution is 6.32. The Balaban J connectivity index is 2.86. The fourth-order valence-corrected chi connectivity index (χ4v) is 0.718. The first-order valence-electron chi connectivity index (χ1n) is 2.71. The maximum Gasteiger partial charge on any atom is 0.209 e. The minimum Gasteiger partial charge on any atom is -0.234 e. The Kier molecular flexibility index (Phi) is 2.22. The monoisotopic (exact) mass is 173 g/mol. The van der Waals surface area contributed by atoms with Crippen molar-refractivity contribution in [1.29, 1.82) is 0 Å². The molecule has 1 rings (SSSR count). The number of rotatable bonds is 2. The number of halogens is 1. The summed E-state index contributed by atoms with van der Waals surface area (Å²) in [5.41, 5.74) is 1.85. The predicted molar refractivity (Wildman–Crippen MR) is 39.9 cm³/mol. The molecule has 0 saturated heterocycles. The fourth-order valence-electron chi connectivity index (χ4n) is 0.554. The third-order valence-corrected chi connectivity index (χ3v) is 1.26. The van der Waals surface area contributed by atoms with Crippen LogP contribution < -0.4 is 5.43 Å². The van der Waals surface area contributed by atoms with Crippen molar-refractivity contribution in [2.75, 3.05) is 5.43 Å². The molecule has 0 spiro atoms. The number of aromatic nitrogens is 1. The molecule has 1 aromatic rings. The molecular formula is C5H4ClN3O2. The summed E-state index contributed by atoms with van der Waals surface area (Å²) in [6.07, 6.45) is 1.41. The van der Waals surface area contributed by atoms with E-state index in [1.165, 1.54) is 12.3 Å². The van der Waals surface area contributed by atoms with Gasteiger partial charge in [0.1, 0.15) is 0 Å². The van der Waals surface area contributed by atoms with Crippen LogP contribution in [0.1, 0.15) is 0 Å². The van der Waals surface area contributed by atoms with Crippen LogP contribution in [0.3, 0.4) is 0 Å². The van der Waals surface area contributed by atoms with E-state index in [9.17, 15) is 10.1 Å². The summed E-state index contributed by atoms with van der Waals surface area (Å²) in [7, 11) is 0. The van der Waals surface area contributed by atoms with Gasteiger partial charge in [-0.05, 0) is 12.1 Å². The maximum absolute atomic E-state index is 9.92. The van der Waals surface area contributed by atoms with Crippen molar-refractivity contribution in [2.24, 2.45) is 0 Å². The third kappa shape index (κ3) is 2.05. The molecule has 11 heavy (non-hydrogen) atoms. The van der Waals surface area contributed by atoms with E-state index < -0.39 is 5.03 Å². The molecule has 0 atom stereocenters. The van der Waals surface area contributed by atoms with Gasteiger partial charge in [-0.1, -0.05) is 17.0 Å². The summed E-state index contributed by atoms with van der Waals surface area (Å²) in [5.74, 6) is 0.0548. The Bertz CT molecular complexity index is 278. The Morgan fingerprint density at radius 2 is 2.45 bits per heavy atom. The second kappa shape index (κ2) is 3.16. The Hall–Kier alpha value is -1.36. The number of nitro groups is 1. The molecule has 0 radical (unpaired) electrons. The summed E-state index contributed by atoms with van der Waals surface area (Å²) >= 11 is 5.54. The van der Waals surface area contributed by atoms with Crippen LogP contribution in [0, 0.1) is 10.1 Å². The highest BCUT2D eigenvalue weighted by atomic mass is 35.5. The van der Waals surface area contributed by atoms with Gasteiger partial charge in [0.2, 0.25) is 5.82 Å². The normalized spacial score (nSPS) is 9.18. The number of hydrogen-bond acceptors (Lipinski definition) is 3. The summed E-state index contributed by atoms with van der Waals surface area (Å²) in [4.78, 5) is 13.6. The summed E-state index contributed by atoms with van der Waals surface area (Å²) in [6, 6.07) is 3.11. The van der Waals surface area contributed by atoms with Gasteiger partial charge in [0.05, 0.1) is 5.02 Å². The van der Waals surface area contributed by atoms with Crippen LogP contribution >= 0.6 is 11.6 Å². The minimum absolute atomic E-state index is 0.0548. The van der Waals surface area contributed by atoms with Crippen molar-refractivity contribution in [1.82, 2.24) is 4.98 Å². The van der Waals surface area contributed by atoms with E-state index in [-0.39, 0.29) is 10.8 Å². The van der Waals surface area contributed by atoms with Gasteiger partial charge in [-0.25, -0.2) is 15.1 Å². The lowest BCUT2D eigenvalue weighted by Crippen LogP contribution is -2.09. The molecule has 6 heteroatoms. The van der Waals surface area contributed by atoms with Crippen LogP contribution in [0.4, 0.5) is 5.82 Å². The van der Waals surface area contributed by atoms with Gasteiger partial charge in [0.15, 0.2) is 5.03 Å². The van der Waals surface area contributed by atoms with Gasteiger partial charge < -0.3 is 0 Å². The zero-order valence-electron chi connectivity index (χ0n) is 5.32. The Morgan fingerprint density at radius 3 is 3.00 bits per heavy atom. The molecule has 0 unspecified atom stereocenters. The highest BCUT2D eigenvalue weighted by Crippen LogP contribution is 2.16. The van der Waals surface area contributed by atoms with Crippen LogP contribution in [0.15, 0.2) is 18.3 Å². The quantitative estimate of drug-likeness (QED) is 0.541. The number of anilines is 1. The van der Waals surface area contributed by atoms with E-state index >= 15 is 0 Å². The van der Waals surface area contributed by atoms with Gasteiger partial charge in [-0.3, -0.25) is 0 Å². The van der Waals surface area contributed by atoms with Crippen molar-refractivity contribution in [3.05, 3.63) is 33.5 Å². The summed E-state index contributed by atoms with van der Waals surface area (Å²) < 4.78 is 0. The smallest absolute Gasteiger partial charge is 0.209 e. The first-order chi connectivity index (χ1) is 5.20. The van der Waals surface area contributed by atoms with E-state index in [2.05, 4.69) is 4.98 Å². The lowest BCUT2D eigenvalue weighted by atomic mass is 10.5. The van der Waals surface area contributed by atoms with Crippen LogP contribution in [0.25, 0.3) is 0 Å². The van der Waals surface area contributed by atoms with Crippen molar-refractivity contribution in [2.45, 2.75) is 0 Å². The Labute approximate surface area is 67.1 Å². The van der Waals surface area contributed by atoms with Gasteiger partial charge in [0, 0.05) is 6.20 Å². The standard InChI is InChI=1S/C5H4ClN3O2/c6-4-2-1-3-7-5(4)8-9(10)11/h1-3H,(H,7,8). The zero-order chi connectivity index (χ0) is 8.27. The average Bonchev–Trinajstić information content (AvgIpc) is 1.93. The van der Waals surface area contributed by atoms with Gasteiger partial charge in [0.25, 0.3) is 0 Å². The van der Waals surface area contributed by atoms with Crippen molar-refractivity contribution < 1.29 is 5.03 Å². The topological polar surface area (TPSA) is 68.1 Å². The number of nitrogens with one attached hydrogen (secondary N) is 1. The first kappa shape index (κ1) is 7.74. The van der Waals surface area contributed by atoms with E-state index in [1.807, 2.05) is 5.43 Å². The zero-order valence-corrected chi connectivity index (χ0v) is 6.08. The Morgan fingerprint density at radius 1 is 1.73 bits per heavy atom. The number of hydrogen-bond donors (Lipinski definition) is 1. The molecule has 0 fully saturated rings. The SMILES string of the molecule is O=[N+]([O-])Nc1ncccc1Cl. The van der Waals surface area contributed by atoms with Crippen LogP contribution in [-0.2, 0) is 0 Å². The molecule has 5 nitrogen and oxygen atoms in total. The molecule has 0 aliphatic carbocycles. The van der Waals surface area contributed by atoms with Crippen LogP contribution in [0.2, 0.25) is 5.02 Å². The van der Waals surface area contributed by atoms with E-state index in [0.717, 1.165) is 0 Å². The number of hydrazine groups is 1. The predicted octanol–water partition coefficient (Wildman–Crippen LogP) is 1.34. The van der Waals surface area contributed by atoms with Crippen LogP contribution in [-0.4, -0.2) is 10.0 Å². The molecule has 0 aliphatic rings. The van der Waals surface area contributed by atoms with E-state index in [1.54, 1.807) is 6.07 Å². The lowest BCUT2D eigenvalue weighted by Gasteiger charge is -1.96. The fraction of sp³-hybridized carbons (Fsp3) is 0. The lowest BCUT2D eigenvalue weighted by molar-refractivity contribution is -0.445. The maximum atomic E-state index is 9.92. The molecule has 1 heterocycles. The van der Waals surface area contributed by atoms with E-state index in [0.29, 0.717) is 0 Å². The highest BCUT2D eigenvalue weighted by Gasteiger charge is 2.03. The molecular weight excluding hydrogens is 170 g/mol. The molecule has 0 bridgehead atoms. The number of pyridine rings is 1. The molecule has 58 valence electrons. The number of nitrogens with zero attached hydrogens (tertiary/aromatic N) is 2. The van der Waals surface area contributed by atoms with Crippen LogP contribution in [0.5, 0.6) is 0 Å². The summed E-state index contributed by atoms with van der Waals surface area (Å²) in [6.45, 7) is 0. The first-order valence-corrected chi connectivity index (χ1v) is 3.09. The molecule has 0 saturated carbocycles. The van der Waals surface area contributed by atoms with Crippen molar-refractivity contribution >= 4 is 17.4 Å².